The predicted octanol–water partition coefficient (Wildman–Crippen LogP) is 6.00. The van der Waals surface area contributed by atoms with E-state index in [0.717, 1.165) is 31.2 Å². The van der Waals surface area contributed by atoms with Crippen LogP contribution in [0.4, 0.5) is 25.0 Å². The first-order chi connectivity index (χ1) is 14.7. The van der Waals surface area contributed by atoms with Gasteiger partial charge in [0.05, 0.1) is 21.9 Å². The lowest BCUT2D eigenvalue weighted by molar-refractivity contribution is 0.0664. The van der Waals surface area contributed by atoms with Crippen LogP contribution in [0.2, 0.25) is 0 Å². The highest BCUT2D eigenvalue weighted by Gasteiger charge is 2.51. The van der Waals surface area contributed by atoms with Gasteiger partial charge in [-0.05, 0) is 61.0 Å². The molecular formula is C23H26BrF2N3O2. The molecule has 1 saturated carbocycles. The number of anilines is 2. The van der Waals surface area contributed by atoms with Crippen LogP contribution in [0.1, 0.15) is 51.1 Å². The molecule has 0 aromatic heterocycles. The number of nitrogens with zero attached hydrogens (tertiary/aromatic N) is 1. The van der Waals surface area contributed by atoms with Crippen LogP contribution < -0.4 is 11.1 Å². The summed E-state index contributed by atoms with van der Waals surface area (Å²) in [6.45, 7) is 3.88. The fraction of sp³-hybridized carbons (Fsp3) is 0.435. The summed E-state index contributed by atoms with van der Waals surface area (Å²) in [6.07, 6.45) is 2.71. The number of amides is 1. The number of hydrogen-bond donors (Lipinski definition) is 2. The Balaban J connectivity index is 1.48. The van der Waals surface area contributed by atoms with Crippen LogP contribution in [0.5, 0.6) is 0 Å². The van der Waals surface area contributed by atoms with E-state index in [-0.39, 0.29) is 40.1 Å². The van der Waals surface area contributed by atoms with Gasteiger partial charge in [-0.25, -0.2) is 13.6 Å². The van der Waals surface area contributed by atoms with Gasteiger partial charge < -0.3 is 15.8 Å². The maximum absolute atomic E-state index is 14.1. The van der Waals surface area contributed by atoms with E-state index in [9.17, 15) is 13.6 Å². The highest BCUT2D eigenvalue weighted by Crippen LogP contribution is 2.44. The largest absolute Gasteiger partial charge is 0.441 e. The number of ether oxygens (including phenoxy) is 1. The average molecular weight is 494 g/mol. The van der Waals surface area contributed by atoms with E-state index in [0.29, 0.717) is 0 Å². The third-order valence-electron chi connectivity index (χ3n) is 6.26. The van der Waals surface area contributed by atoms with Gasteiger partial charge in [0.25, 0.3) is 0 Å². The zero-order valence-electron chi connectivity index (χ0n) is 17.5. The van der Waals surface area contributed by atoms with E-state index in [1.165, 1.54) is 6.07 Å². The summed E-state index contributed by atoms with van der Waals surface area (Å²) in [5.41, 5.74) is 6.39. The van der Waals surface area contributed by atoms with Crippen molar-refractivity contribution < 1.29 is 18.3 Å². The van der Waals surface area contributed by atoms with Crippen LogP contribution in [0.3, 0.4) is 0 Å². The SMILES string of the molecule is CC1(C)OC(=O)N(C2CCC(Nc3cc(F)c(Br)c(F)c3N)CC2)[C@H]1c1ccccc1. The van der Waals surface area contributed by atoms with Gasteiger partial charge in [-0.3, -0.25) is 4.90 Å². The molecule has 2 aliphatic rings. The van der Waals surface area contributed by atoms with Gasteiger partial charge in [0.1, 0.15) is 11.4 Å². The normalized spacial score (nSPS) is 25.4. The van der Waals surface area contributed by atoms with Gasteiger partial charge in [0.15, 0.2) is 5.82 Å². The third-order valence-corrected chi connectivity index (χ3v) is 6.99. The highest BCUT2D eigenvalue weighted by atomic mass is 79.9. The molecule has 2 aromatic rings. The first kappa shape index (κ1) is 21.9. The third kappa shape index (κ3) is 4.10. The summed E-state index contributed by atoms with van der Waals surface area (Å²) in [7, 11) is 0. The molecule has 4 rings (SSSR count). The van der Waals surface area contributed by atoms with Gasteiger partial charge in [0.2, 0.25) is 0 Å². The molecule has 5 nitrogen and oxygen atoms in total. The van der Waals surface area contributed by atoms with E-state index in [1.807, 2.05) is 49.1 Å². The number of carbonyl (C=O) groups is 1. The Morgan fingerprint density at radius 2 is 1.81 bits per heavy atom. The fourth-order valence-electron chi connectivity index (χ4n) is 4.78. The minimum absolute atomic E-state index is 0.0142. The Morgan fingerprint density at radius 3 is 2.45 bits per heavy atom. The Morgan fingerprint density at radius 1 is 1.16 bits per heavy atom. The van der Waals surface area contributed by atoms with Crippen LogP contribution in [0.25, 0.3) is 0 Å². The summed E-state index contributed by atoms with van der Waals surface area (Å²) in [5.74, 6) is -1.50. The second kappa shape index (κ2) is 8.30. The van der Waals surface area contributed by atoms with Crippen molar-refractivity contribution in [2.75, 3.05) is 11.1 Å². The first-order valence-electron chi connectivity index (χ1n) is 10.4. The first-order valence-corrected chi connectivity index (χ1v) is 11.2. The van der Waals surface area contributed by atoms with E-state index >= 15 is 0 Å². The number of nitrogens with one attached hydrogen (secondary N) is 1. The topological polar surface area (TPSA) is 67.6 Å². The van der Waals surface area contributed by atoms with Crippen molar-refractivity contribution in [3.63, 3.8) is 0 Å². The lowest BCUT2D eigenvalue weighted by atomic mass is 9.86. The summed E-state index contributed by atoms with van der Waals surface area (Å²) in [6, 6.07) is 11.0. The van der Waals surface area contributed by atoms with Gasteiger partial charge in [-0.1, -0.05) is 30.3 Å². The quantitative estimate of drug-likeness (QED) is 0.404. The maximum atomic E-state index is 14.1. The van der Waals surface area contributed by atoms with Gasteiger partial charge in [-0.2, -0.15) is 0 Å². The van der Waals surface area contributed by atoms with E-state index < -0.39 is 17.2 Å². The summed E-state index contributed by atoms with van der Waals surface area (Å²) in [5, 5.41) is 3.18. The fourth-order valence-corrected chi connectivity index (χ4v) is 5.11. The van der Waals surface area contributed by atoms with Crippen molar-refractivity contribution in [2.24, 2.45) is 0 Å². The molecule has 31 heavy (non-hydrogen) atoms. The van der Waals surface area contributed by atoms with Crippen molar-refractivity contribution in [3.8, 4) is 0 Å². The van der Waals surface area contributed by atoms with Crippen molar-refractivity contribution in [3.05, 3.63) is 58.1 Å². The smallest absolute Gasteiger partial charge is 0.411 e. The van der Waals surface area contributed by atoms with Crippen LogP contribution in [0.15, 0.2) is 40.9 Å². The summed E-state index contributed by atoms with van der Waals surface area (Å²) in [4.78, 5) is 14.7. The molecule has 2 fully saturated rings. The van der Waals surface area contributed by atoms with E-state index in [2.05, 4.69) is 21.2 Å². The molecule has 0 unspecified atom stereocenters. The molecule has 0 spiro atoms. The Hall–Kier alpha value is -2.35. The molecule has 8 heteroatoms. The predicted molar refractivity (Wildman–Crippen MR) is 120 cm³/mol. The second-order valence-corrected chi connectivity index (χ2v) is 9.58. The maximum Gasteiger partial charge on any atom is 0.411 e. The van der Waals surface area contributed by atoms with Crippen LogP contribution in [-0.2, 0) is 4.74 Å². The van der Waals surface area contributed by atoms with Gasteiger partial charge >= 0.3 is 6.09 Å². The highest BCUT2D eigenvalue weighted by molar-refractivity contribution is 9.10. The molecule has 3 N–H and O–H groups in total. The molecule has 1 aliphatic heterocycles. The minimum Gasteiger partial charge on any atom is -0.441 e. The molecule has 0 radical (unpaired) electrons. The number of hydrogen-bond acceptors (Lipinski definition) is 4. The van der Waals surface area contributed by atoms with Crippen molar-refractivity contribution in [2.45, 2.75) is 63.3 Å². The molecule has 1 atom stereocenters. The molecule has 1 amide bonds. The monoisotopic (exact) mass is 493 g/mol. The van der Waals surface area contributed by atoms with E-state index in [1.54, 1.807) is 0 Å². The summed E-state index contributed by atoms with van der Waals surface area (Å²) < 4.78 is 33.5. The molecule has 1 heterocycles. The molecule has 2 aromatic carbocycles. The Labute approximate surface area is 189 Å². The van der Waals surface area contributed by atoms with Gasteiger partial charge in [0, 0.05) is 18.2 Å². The summed E-state index contributed by atoms with van der Waals surface area (Å²) >= 11 is 2.87. The molecule has 166 valence electrons. The number of halogens is 3. The molecule has 1 saturated heterocycles. The van der Waals surface area contributed by atoms with Crippen molar-refractivity contribution >= 4 is 33.4 Å². The number of nitrogens with two attached hydrogens (primary N) is 1. The van der Waals surface area contributed by atoms with Crippen LogP contribution in [0, 0.1) is 11.6 Å². The van der Waals surface area contributed by atoms with E-state index in [4.69, 9.17) is 10.5 Å². The number of carbonyl (C=O) groups excluding carboxylic acids is 1. The van der Waals surface area contributed by atoms with Crippen molar-refractivity contribution in [1.29, 1.82) is 0 Å². The number of cyclic esters (lactones) is 1. The standard InChI is InChI=1S/C23H26BrF2N3O2/c1-23(2)21(13-6-4-3-5-7-13)29(22(30)31-23)15-10-8-14(9-11-15)28-17-12-16(25)18(24)19(26)20(17)27/h3-7,12,14-15,21,28H,8-11,27H2,1-2H3/t14?,15?,21-/m0/s1. The van der Waals surface area contributed by atoms with Crippen molar-refractivity contribution in [1.82, 2.24) is 4.90 Å². The zero-order chi connectivity index (χ0) is 22.3. The molecule has 1 aliphatic carbocycles. The Kier molecular flexibility index (Phi) is 5.85. The minimum atomic E-state index is -0.802. The lowest BCUT2D eigenvalue weighted by Gasteiger charge is -2.38. The number of rotatable bonds is 4. The lowest BCUT2D eigenvalue weighted by Crippen LogP contribution is -2.44. The second-order valence-electron chi connectivity index (χ2n) is 8.79. The number of benzene rings is 2. The molecule has 0 bridgehead atoms. The van der Waals surface area contributed by atoms with Crippen LogP contribution in [-0.4, -0.2) is 28.7 Å². The molecular weight excluding hydrogens is 468 g/mol. The van der Waals surface area contributed by atoms with Gasteiger partial charge in [-0.15, -0.1) is 0 Å². The average Bonchev–Trinajstić information content (AvgIpc) is 2.99. The van der Waals surface area contributed by atoms with Crippen LogP contribution >= 0.6 is 15.9 Å². The zero-order valence-corrected chi connectivity index (χ0v) is 19.1. The number of nitrogen functional groups attached to an aromatic ring is 1. The Bertz CT molecular complexity index is 979.